The Balaban J connectivity index is 0.000000180. The number of carbonyl (C=O) groups excluding carboxylic acids is 2. The molecule has 1 unspecified atom stereocenters. The number of anilines is 2. The zero-order chi connectivity index (χ0) is 50.6. The van der Waals surface area contributed by atoms with Crippen LogP contribution in [0.15, 0.2) is 126 Å². The lowest BCUT2D eigenvalue weighted by Crippen LogP contribution is -2.55. The molecule has 7 aromatic rings. The number of aromatic nitrogens is 11. The molecule has 0 amide bonds. The van der Waals surface area contributed by atoms with Crippen LogP contribution < -0.4 is 21.8 Å². The number of carbonyl (C=O) groups is 2. The molecule has 0 saturated heterocycles. The van der Waals surface area contributed by atoms with E-state index in [9.17, 15) is 59.0 Å². The molecule has 1 atom stereocenters. The molecule has 69 heavy (non-hydrogen) atoms. The molecule has 19 nitrogen and oxygen atoms in total. The third-order valence-electron chi connectivity index (χ3n) is 8.51. The van der Waals surface area contributed by atoms with E-state index in [4.69, 9.17) is 29.0 Å². The molecule has 0 aliphatic carbocycles. The predicted octanol–water partition coefficient (Wildman–Crippen LogP) is 6.63. The second-order valence-corrected chi connectivity index (χ2v) is 14.1. The highest BCUT2D eigenvalue weighted by Gasteiger charge is 2.62. The van der Waals surface area contributed by atoms with Gasteiger partial charge in [-0.1, -0.05) is 29.3 Å². The Labute approximate surface area is 389 Å². The average Bonchev–Trinajstić information content (AvgIpc) is 3.95. The summed E-state index contributed by atoms with van der Waals surface area (Å²) in [6.07, 6.45) is -8.20. The first kappa shape index (κ1) is 52.2. The van der Waals surface area contributed by atoms with Crippen LogP contribution >= 0.6 is 23.2 Å². The fourth-order valence-corrected chi connectivity index (χ4v) is 5.46. The van der Waals surface area contributed by atoms with Crippen molar-refractivity contribution in [2.75, 3.05) is 10.4 Å². The lowest BCUT2D eigenvalue weighted by Gasteiger charge is -2.32. The van der Waals surface area contributed by atoms with E-state index in [1.807, 2.05) is 0 Å². The predicted molar refractivity (Wildman–Crippen MR) is 225 cm³/mol. The summed E-state index contributed by atoms with van der Waals surface area (Å²) < 4.78 is 116. The number of pyridine rings is 3. The second-order valence-electron chi connectivity index (χ2n) is 13.3. The molecule has 360 valence electrons. The van der Waals surface area contributed by atoms with Gasteiger partial charge in [-0.05, 0) is 66.7 Å². The van der Waals surface area contributed by atoms with E-state index < -0.39 is 59.9 Å². The Kier molecular flexibility index (Phi) is 16.9. The monoisotopic (exact) mass is 1010 g/mol. The molecule has 0 fully saturated rings. The third kappa shape index (κ3) is 14.1. The number of nitrogens with one attached hydrogen (secondary N) is 2. The average molecular weight is 1010 g/mol. The fraction of sp³-hybridized carbons (Fsp3) is 0.154. The summed E-state index contributed by atoms with van der Waals surface area (Å²) in [7, 11) is 0. The Bertz CT molecular complexity index is 2880. The van der Waals surface area contributed by atoms with Crippen LogP contribution in [0.2, 0.25) is 10.3 Å². The standard InChI is InChI=1S/C13H9ClF3N5O.C13H8F3N5O.C9H6F3NO2.C4H5ClN4/c14-10-3-4-11(20-19-10)22-12(23,13(15,16)17)6-9(21-22)8-2-1-5-18-7-8;14-13(15,16)10-6-9(8-2-1-5-17-7-8)20-21(10)11-3-4-12(22)19-18-11;10-9(11,12)8(15)4-7(14)6-2-1-3-13-5-6;5-3-1-2-4(7-6)9-8-3/h1-5,7,23H,6H2;1-7H,(H,19,22);1-3,5H,4H2;1-2H,6H2,(H,7,9). The molecule has 0 aromatic carbocycles. The van der Waals surface area contributed by atoms with Gasteiger partial charge in [0.15, 0.2) is 39.2 Å². The van der Waals surface area contributed by atoms with Gasteiger partial charge in [0.2, 0.25) is 5.78 Å². The molecule has 8 rings (SSSR count). The summed E-state index contributed by atoms with van der Waals surface area (Å²) in [6.45, 7) is 0. The van der Waals surface area contributed by atoms with Crippen LogP contribution in [0.25, 0.3) is 17.1 Å². The van der Waals surface area contributed by atoms with E-state index >= 15 is 0 Å². The lowest BCUT2D eigenvalue weighted by molar-refractivity contribution is -0.254. The maximum atomic E-state index is 13.4. The highest BCUT2D eigenvalue weighted by molar-refractivity contribution is 6.29. The van der Waals surface area contributed by atoms with Crippen LogP contribution in [0, 0.1) is 0 Å². The number of hydrogen-bond acceptors (Lipinski definition) is 17. The molecular weight excluding hydrogens is 984 g/mol. The largest absolute Gasteiger partial charge is 0.450 e. The van der Waals surface area contributed by atoms with Crippen molar-refractivity contribution in [3.63, 3.8) is 0 Å². The first-order valence-electron chi connectivity index (χ1n) is 18.7. The zero-order valence-electron chi connectivity index (χ0n) is 34.2. The second kappa shape index (κ2) is 22.3. The summed E-state index contributed by atoms with van der Waals surface area (Å²) in [6, 6.07) is 17.9. The number of aromatic amines is 1. The van der Waals surface area contributed by atoms with Crippen LogP contribution in [0.3, 0.4) is 0 Å². The van der Waals surface area contributed by atoms with E-state index in [-0.39, 0.29) is 33.8 Å². The van der Waals surface area contributed by atoms with Gasteiger partial charge in [-0.3, -0.25) is 29.3 Å². The number of alkyl halides is 9. The Morgan fingerprint density at radius 2 is 1.36 bits per heavy atom. The number of halogens is 11. The number of nitrogens with two attached hydrogens (primary N) is 1. The van der Waals surface area contributed by atoms with Crippen molar-refractivity contribution in [1.82, 2.24) is 55.3 Å². The van der Waals surface area contributed by atoms with Gasteiger partial charge in [0.05, 0.1) is 24.2 Å². The molecule has 0 spiro atoms. The van der Waals surface area contributed by atoms with Crippen LogP contribution in [0.4, 0.5) is 51.1 Å². The van der Waals surface area contributed by atoms with Gasteiger partial charge in [-0.2, -0.15) is 54.8 Å². The van der Waals surface area contributed by atoms with Gasteiger partial charge in [0, 0.05) is 59.9 Å². The van der Waals surface area contributed by atoms with E-state index in [1.54, 1.807) is 36.4 Å². The SMILES string of the molecule is NNc1ccc(Cl)nn1.O=C(CC(=O)C(F)(F)F)c1cccnc1.O=c1ccc(-n2nc(-c3cccnc3)cc2C(F)(F)F)n[nH]1.OC1(C(F)(F)F)CC(c2cccnc2)=NN1c1ccc(Cl)nn1. The summed E-state index contributed by atoms with van der Waals surface area (Å²) in [4.78, 5) is 43.9. The maximum absolute atomic E-state index is 13.4. The summed E-state index contributed by atoms with van der Waals surface area (Å²) in [5, 5.41) is 38.6. The van der Waals surface area contributed by atoms with Crippen LogP contribution in [0.1, 0.15) is 34.5 Å². The molecule has 1 aliphatic rings. The number of ketones is 2. The number of rotatable bonds is 8. The molecule has 5 N–H and O–H groups in total. The summed E-state index contributed by atoms with van der Waals surface area (Å²) in [5.41, 5.74) is -1.46. The van der Waals surface area contributed by atoms with E-state index in [0.29, 0.717) is 31.8 Å². The first-order valence-corrected chi connectivity index (χ1v) is 19.4. The van der Waals surface area contributed by atoms with Gasteiger partial charge in [-0.25, -0.2) is 20.6 Å². The van der Waals surface area contributed by atoms with E-state index in [2.05, 4.69) is 61.2 Å². The Morgan fingerprint density at radius 3 is 1.84 bits per heavy atom. The number of Topliss-reactive ketones (excluding diaryl/α,β-unsaturated/α-hetero) is 2. The quantitative estimate of drug-likeness (QED) is 0.0409. The number of nitrogens with zero attached hydrogens (tertiary/aromatic N) is 12. The molecule has 30 heteroatoms. The fourth-order valence-electron chi connectivity index (χ4n) is 5.26. The Morgan fingerprint density at radius 1 is 0.768 bits per heavy atom. The van der Waals surface area contributed by atoms with Gasteiger partial charge < -0.3 is 10.5 Å². The van der Waals surface area contributed by atoms with Gasteiger partial charge in [-0.15, -0.1) is 20.4 Å². The van der Waals surface area contributed by atoms with Crippen molar-refractivity contribution in [2.45, 2.75) is 37.1 Å². The molecule has 0 bridgehead atoms. The van der Waals surface area contributed by atoms with Crippen LogP contribution in [0.5, 0.6) is 0 Å². The number of aliphatic hydroxyl groups is 1. The Hall–Kier alpha value is -7.82. The first-order chi connectivity index (χ1) is 32.5. The zero-order valence-corrected chi connectivity index (χ0v) is 35.7. The van der Waals surface area contributed by atoms with Crippen LogP contribution in [-0.4, -0.2) is 95.8 Å². The van der Waals surface area contributed by atoms with E-state index in [0.717, 1.165) is 24.4 Å². The van der Waals surface area contributed by atoms with Gasteiger partial charge >= 0.3 is 18.5 Å². The highest BCUT2D eigenvalue weighted by Crippen LogP contribution is 2.43. The molecule has 1 aliphatic heterocycles. The summed E-state index contributed by atoms with van der Waals surface area (Å²) >= 11 is 11.0. The number of hydrogen-bond donors (Lipinski definition) is 4. The molecule has 7 aromatic heterocycles. The third-order valence-corrected chi connectivity index (χ3v) is 8.91. The molecule has 8 heterocycles. The molecular formula is C39H28Cl2F9N15O4. The number of H-pyrrole nitrogens is 1. The summed E-state index contributed by atoms with van der Waals surface area (Å²) in [5.74, 6) is 2.17. The van der Waals surface area contributed by atoms with Crippen molar-refractivity contribution in [2.24, 2.45) is 10.9 Å². The normalized spacial score (nSPS) is 14.4. The topological polar surface area (TPSA) is 262 Å². The minimum absolute atomic E-state index is 0.00454. The maximum Gasteiger partial charge on any atom is 0.450 e. The number of hydrazine groups is 1. The lowest BCUT2D eigenvalue weighted by atomic mass is 10.0. The minimum Gasteiger partial charge on any atom is -0.362 e. The number of nitrogen functional groups attached to an aromatic ring is 1. The smallest absolute Gasteiger partial charge is 0.362 e. The van der Waals surface area contributed by atoms with Crippen LogP contribution in [-0.2, 0) is 11.0 Å². The van der Waals surface area contributed by atoms with Gasteiger partial charge in [0.25, 0.3) is 11.3 Å². The van der Waals surface area contributed by atoms with E-state index in [1.165, 1.54) is 55.2 Å². The van der Waals surface area contributed by atoms with Crippen molar-refractivity contribution >= 4 is 52.1 Å². The molecule has 0 saturated carbocycles. The van der Waals surface area contributed by atoms with Crippen molar-refractivity contribution in [3.8, 4) is 17.1 Å². The number of hydrazone groups is 1. The van der Waals surface area contributed by atoms with Crippen molar-refractivity contribution in [3.05, 3.63) is 154 Å². The van der Waals surface area contributed by atoms with Crippen molar-refractivity contribution < 1.29 is 54.2 Å². The molecule has 0 radical (unpaired) electrons. The highest BCUT2D eigenvalue weighted by atomic mass is 35.5. The van der Waals surface area contributed by atoms with Crippen molar-refractivity contribution in [1.29, 1.82) is 0 Å². The van der Waals surface area contributed by atoms with Gasteiger partial charge in [0.1, 0.15) is 0 Å². The minimum atomic E-state index is -4.96.